The van der Waals surface area contributed by atoms with Gasteiger partial charge in [-0.2, -0.15) is 0 Å². The second-order valence-electron chi connectivity index (χ2n) is 0.804. The van der Waals surface area contributed by atoms with Crippen molar-refractivity contribution in [2.45, 2.75) is 0 Å². The Labute approximate surface area is 35.5 Å². The lowest BCUT2D eigenvalue weighted by atomic mass is 10.4. The molecule has 0 atom stereocenters. The molecule has 1 nitrogen and oxygen atoms in total. The van der Waals surface area contributed by atoms with Crippen molar-refractivity contribution in [2.75, 3.05) is 6.67 Å². The van der Waals surface area contributed by atoms with E-state index in [4.69, 9.17) is 0 Å². The fourth-order valence-corrected chi connectivity index (χ4v) is 0.0546. The SMILES string of the molecule is C=CC(=O)CF. The summed E-state index contributed by atoms with van der Waals surface area (Å²) in [5.41, 5.74) is 0. The molecular weight excluding hydrogens is 83.0 g/mol. The molecule has 0 saturated heterocycles. The predicted molar refractivity (Wildman–Crippen MR) is 21.2 cm³/mol. The number of halogens is 1. The summed E-state index contributed by atoms with van der Waals surface area (Å²) in [6.45, 7) is 2.11. The van der Waals surface area contributed by atoms with Crippen molar-refractivity contribution >= 4 is 5.78 Å². The van der Waals surface area contributed by atoms with E-state index in [0.717, 1.165) is 6.08 Å². The van der Waals surface area contributed by atoms with E-state index in [1.165, 1.54) is 0 Å². The van der Waals surface area contributed by atoms with Gasteiger partial charge in [0.05, 0.1) is 0 Å². The summed E-state index contributed by atoms with van der Waals surface area (Å²) in [6.07, 6.45) is 0.958. The number of carbonyl (C=O) groups is 1. The first kappa shape index (κ1) is 5.34. The largest absolute Gasteiger partial charge is 0.292 e. The molecule has 0 spiro atoms. The Morgan fingerprint density at radius 1 is 2.00 bits per heavy atom. The Morgan fingerprint density at radius 2 is 2.50 bits per heavy atom. The number of hydrogen-bond acceptors (Lipinski definition) is 1. The van der Waals surface area contributed by atoms with Gasteiger partial charge in [-0.15, -0.1) is 0 Å². The average molecular weight is 88.1 g/mol. The molecule has 34 valence electrons. The molecule has 2 heteroatoms. The molecule has 0 rings (SSSR count). The van der Waals surface area contributed by atoms with Crippen molar-refractivity contribution in [3.8, 4) is 0 Å². The van der Waals surface area contributed by atoms with E-state index in [9.17, 15) is 9.18 Å². The van der Waals surface area contributed by atoms with Crippen molar-refractivity contribution in [2.24, 2.45) is 0 Å². The molecule has 0 aliphatic heterocycles. The Hall–Kier alpha value is -0.660. The monoisotopic (exact) mass is 88.0 g/mol. The van der Waals surface area contributed by atoms with E-state index in [1.807, 2.05) is 0 Å². The van der Waals surface area contributed by atoms with Crippen LogP contribution in [0.2, 0.25) is 0 Å². The summed E-state index contributed by atoms with van der Waals surface area (Å²) in [6, 6.07) is 0. The minimum Gasteiger partial charge on any atom is -0.292 e. The minimum absolute atomic E-state index is 0.560. The highest BCUT2D eigenvalue weighted by molar-refractivity contribution is 5.89. The third kappa shape index (κ3) is 1.64. The smallest absolute Gasteiger partial charge is 0.186 e. The maximum Gasteiger partial charge on any atom is 0.186 e. The van der Waals surface area contributed by atoms with Crippen LogP contribution in [0.5, 0.6) is 0 Å². The fourth-order valence-electron chi connectivity index (χ4n) is 0.0546. The quantitative estimate of drug-likeness (QED) is 0.454. The molecular formula is C4H5FO. The Morgan fingerprint density at radius 3 is 2.50 bits per heavy atom. The van der Waals surface area contributed by atoms with E-state index in [2.05, 4.69) is 6.58 Å². The van der Waals surface area contributed by atoms with Crippen LogP contribution in [0.25, 0.3) is 0 Å². The molecule has 0 unspecified atom stereocenters. The summed E-state index contributed by atoms with van der Waals surface area (Å²) in [5, 5.41) is 0. The Bertz CT molecular complexity index is 67.9. The highest BCUT2D eigenvalue weighted by Gasteiger charge is 1.85. The molecule has 0 aliphatic carbocycles. The molecule has 0 saturated carbocycles. The minimum atomic E-state index is -0.927. The lowest BCUT2D eigenvalue weighted by Gasteiger charge is -1.72. The molecule has 0 fully saturated rings. The van der Waals surface area contributed by atoms with Crippen LogP contribution in [0.15, 0.2) is 12.7 Å². The summed E-state index contributed by atoms with van der Waals surface area (Å²) in [5.74, 6) is -0.560. The van der Waals surface area contributed by atoms with Gasteiger partial charge in [0.2, 0.25) is 0 Å². The van der Waals surface area contributed by atoms with Gasteiger partial charge >= 0.3 is 0 Å². The maximum atomic E-state index is 11.0. The molecule has 0 amide bonds. The summed E-state index contributed by atoms with van der Waals surface area (Å²) >= 11 is 0. The van der Waals surface area contributed by atoms with Crippen LogP contribution in [0.4, 0.5) is 4.39 Å². The standard InChI is InChI=1S/C4H5FO/c1-2-4(6)3-5/h2H,1,3H2. The molecule has 6 heavy (non-hydrogen) atoms. The van der Waals surface area contributed by atoms with Crippen LogP contribution in [-0.4, -0.2) is 12.5 Å². The Balaban J connectivity index is 3.23. The lowest BCUT2D eigenvalue weighted by molar-refractivity contribution is -0.115. The second-order valence-corrected chi connectivity index (χ2v) is 0.804. The van der Waals surface area contributed by atoms with E-state index in [0.29, 0.717) is 0 Å². The molecule has 0 N–H and O–H groups in total. The van der Waals surface area contributed by atoms with Crippen LogP contribution in [-0.2, 0) is 4.79 Å². The number of hydrogen-bond donors (Lipinski definition) is 0. The van der Waals surface area contributed by atoms with Crippen molar-refractivity contribution in [3.63, 3.8) is 0 Å². The maximum absolute atomic E-state index is 11.0. The zero-order valence-corrected chi connectivity index (χ0v) is 3.28. The summed E-state index contributed by atoms with van der Waals surface area (Å²) < 4.78 is 11.0. The van der Waals surface area contributed by atoms with Gasteiger partial charge in [-0.05, 0) is 6.08 Å². The zero-order valence-electron chi connectivity index (χ0n) is 3.28. The molecule has 0 aromatic rings. The third-order valence-corrected chi connectivity index (χ3v) is 0.359. The van der Waals surface area contributed by atoms with Crippen LogP contribution in [0.1, 0.15) is 0 Å². The first-order chi connectivity index (χ1) is 2.81. The van der Waals surface area contributed by atoms with Gasteiger partial charge in [0.1, 0.15) is 0 Å². The van der Waals surface area contributed by atoms with Gasteiger partial charge in [0, 0.05) is 0 Å². The summed E-state index contributed by atoms with van der Waals surface area (Å²) in [7, 11) is 0. The third-order valence-electron chi connectivity index (χ3n) is 0.359. The van der Waals surface area contributed by atoms with E-state index in [-0.39, 0.29) is 0 Å². The van der Waals surface area contributed by atoms with E-state index < -0.39 is 12.5 Å². The number of ketones is 1. The van der Waals surface area contributed by atoms with Crippen molar-refractivity contribution in [3.05, 3.63) is 12.7 Å². The van der Waals surface area contributed by atoms with Gasteiger partial charge < -0.3 is 0 Å². The highest BCUT2D eigenvalue weighted by Crippen LogP contribution is 1.70. The molecule has 0 radical (unpaired) electrons. The van der Waals surface area contributed by atoms with Crippen LogP contribution in [0, 0.1) is 0 Å². The molecule has 0 aromatic heterocycles. The van der Waals surface area contributed by atoms with Gasteiger partial charge in [0.25, 0.3) is 0 Å². The van der Waals surface area contributed by atoms with Crippen molar-refractivity contribution < 1.29 is 9.18 Å². The first-order valence-corrected chi connectivity index (χ1v) is 1.52. The number of carbonyl (C=O) groups excluding carboxylic acids is 1. The zero-order chi connectivity index (χ0) is 4.99. The molecule has 0 bridgehead atoms. The number of alkyl halides is 1. The normalized spacial score (nSPS) is 7.50. The molecule has 0 aliphatic rings. The van der Waals surface area contributed by atoms with Crippen LogP contribution < -0.4 is 0 Å². The van der Waals surface area contributed by atoms with E-state index >= 15 is 0 Å². The lowest BCUT2D eigenvalue weighted by Crippen LogP contribution is -1.90. The highest BCUT2D eigenvalue weighted by atomic mass is 19.1. The molecule has 0 heterocycles. The topological polar surface area (TPSA) is 17.1 Å². The van der Waals surface area contributed by atoms with Crippen LogP contribution >= 0.6 is 0 Å². The number of rotatable bonds is 2. The second kappa shape index (κ2) is 2.57. The van der Waals surface area contributed by atoms with Crippen molar-refractivity contribution in [1.29, 1.82) is 0 Å². The van der Waals surface area contributed by atoms with Gasteiger partial charge in [-0.3, -0.25) is 4.79 Å². The first-order valence-electron chi connectivity index (χ1n) is 1.52. The predicted octanol–water partition coefficient (Wildman–Crippen LogP) is 0.711. The van der Waals surface area contributed by atoms with Crippen molar-refractivity contribution in [1.82, 2.24) is 0 Å². The average Bonchev–Trinajstić information content (AvgIpc) is 1.65. The van der Waals surface area contributed by atoms with Gasteiger partial charge in [-0.1, -0.05) is 6.58 Å². The van der Waals surface area contributed by atoms with Gasteiger partial charge in [0.15, 0.2) is 12.5 Å². The van der Waals surface area contributed by atoms with Gasteiger partial charge in [-0.25, -0.2) is 4.39 Å². The van der Waals surface area contributed by atoms with Crippen LogP contribution in [0.3, 0.4) is 0 Å². The van der Waals surface area contributed by atoms with E-state index in [1.54, 1.807) is 0 Å². The number of allylic oxidation sites excluding steroid dienone is 1. The molecule has 0 aromatic carbocycles. The fraction of sp³-hybridized carbons (Fsp3) is 0.250. The Kier molecular flexibility index (Phi) is 2.29. The summed E-state index contributed by atoms with van der Waals surface area (Å²) in [4.78, 5) is 9.69.